The van der Waals surface area contributed by atoms with Gasteiger partial charge in [0.15, 0.2) is 5.54 Å². The Hall–Kier alpha value is -1.83. The average Bonchev–Trinajstić information content (AvgIpc) is 2.85. The number of hydrogen-bond donors (Lipinski definition) is 4. The summed E-state index contributed by atoms with van der Waals surface area (Å²) in [7, 11) is 0. The molecule has 4 N–H and O–H groups in total. The fraction of sp³-hybridized carbons (Fsp3) is 0.750. The molecule has 1 aliphatic rings. The maximum absolute atomic E-state index is 11.8. The van der Waals surface area contributed by atoms with Crippen molar-refractivity contribution in [1.29, 1.82) is 0 Å². The zero-order valence-electron chi connectivity index (χ0n) is 11.7. The molecule has 0 spiro atoms. The molecule has 114 valence electrons. The van der Waals surface area contributed by atoms with Gasteiger partial charge in [-0.2, -0.15) is 0 Å². The first-order chi connectivity index (χ1) is 9.41. The fourth-order valence-corrected chi connectivity index (χ4v) is 1.80. The Morgan fingerprint density at radius 3 is 2.60 bits per heavy atom. The number of hydrogen-bond acceptors (Lipinski definition) is 4. The van der Waals surface area contributed by atoms with Crippen molar-refractivity contribution in [2.45, 2.75) is 38.3 Å². The first kappa shape index (κ1) is 16.2. The minimum Gasteiger partial charge on any atom is -0.479 e. The van der Waals surface area contributed by atoms with Crippen LogP contribution in [0, 0.1) is 0 Å². The summed E-state index contributed by atoms with van der Waals surface area (Å²) < 4.78 is 5.03. The van der Waals surface area contributed by atoms with E-state index < -0.39 is 23.6 Å². The highest BCUT2D eigenvalue weighted by Crippen LogP contribution is 2.18. The molecule has 1 rings (SSSR count). The summed E-state index contributed by atoms with van der Waals surface area (Å²) in [6.45, 7) is 4.18. The van der Waals surface area contributed by atoms with Gasteiger partial charge in [-0.3, -0.25) is 4.79 Å². The van der Waals surface area contributed by atoms with Crippen LogP contribution in [0.4, 0.5) is 4.79 Å². The molecule has 8 heteroatoms. The van der Waals surface area contributed by atoms with Crippen molar-refractivity contribution >= 4 is 17.9 Å². The molecule has 2 unspecified atom stereocenters. The van der Waals surface area contributed by atoms with Crippen LogP contribution in [-0.4, -0.2) is 54.4 Å². The van der Waals surface area contributed by atoms with Crippen LogP contribution < -0.4 is 16.0 Å². The molecular weight excluding hydrogens is 266 g/mol. The molecule has 0 saturated carbocycles. The first-order valence-corrected chi connectivity index (χ1v) is 6.59. The van der Waals surface area contributed by atoms with Gasteiger partial charge in [-0.25, -0.2) is 9.59 Å². The lowest BCUT2D eigenvalue weighted by Crippen LogP contribution is -2.60. The molecule has 20 heavy (non-hydrogen) atoms. The minimum absolute atomic E-state index is 0.0772. The van der Waals surface area contributed by atoms with Crippen molar-refractivity contribution in [2.24, 2.45) is 0 Å². The summed E-state index contributed by atoms with van der Waals surface area (Å²) in [6.07, 6.45) is 0.996. The van der Waals surface area contributed by atoms with Crippen molar-refractivity contribution in [2.75, 3.05) is 19.8 Å². The standard InChI is InChI=1S/C12H21N3O5/c1-3-5-13-9(16)8(2)14-11(19)15-12(10(17)18)4-6-20-7-12/h8H,3-7H2,1-2H3,(H,13,16)(H,17,18)(H2,14,15,19). The van der Waals surface area contributed by atoms with Crippen molar-refractivity contribution < 1.29 is 24.2 Å². The van der Waals surface area contributed by atoms with E-state index in [1.807, 2.05) is 6.92 Å². The van der Waals surface area contributed by atoms with Gasteiger partial charge in [0.25, 0.3) is 0 Å². The van der Waals surface area contributed by atoms with E-state index in [9.17, 15) is 19.5 Å². The van der Waals surface area contributed by atoms with Gasteiger partial charge >= 0.3 is 12.0 Å². The third-order valence-corrected chi connectivity index (χ3v) is 3.07. The number of ether oxygens (including phenoxy) is 1. The van der Waals surface area contributed by atoms with E-state index >= 15 is 0 Å². The quantitative estimate of drug-likeness (QED) is 0.522. The number of carbonyl (C=O) groups is 3. The van der Waals surface area contributed by atoms with Gasteiger partial charge in [0.1, 0.15) is 6.04 Å². The number of carboxylic acid groups (broad SMARTS) is 1. The fourth-order valence-electron chi connectivity index (χ4n) is 1.80. The van der Waals surface area contributed by atoms with Gasteiger partial charge in [-0.05, 0) is 13.3 Å². The molecule has 1 aliphatic heterocycles. The van der Waals surface area contributed by atoms with Crippen LogP contribution in [0.3, 0.4) is 0 Å². The monoisotopic (exact) mass is 287 g/mol. The van der Waals surface area contributed by atoms with Gasteiger partial charge in [0.05, 0.1) is 6.61 Å². The van der Waals surface area contributed by atoms with Gasteiger partial charge in [0.2, 0.25) is 5.91 Å². The van der Waals surface area contributed by atoms with Crippen LogP contribution >= 0.6 is 0 Å². The number of aliphatic carboxylic acids is 1. The molecule has 0 aromatic carbocycles. The highest BCUT2D eigenvalue weighted by atomic mass is 16.5. The van der Waals surface area contributed by atoms with Crippen LogP contribution in [0.5, 0.6) is 0 Å². The molecule has 3 amide bonds. The minimum atomic E-state index is -1.41. The second kappa shape index (κ2) is 7.09. The number of urea groups is 1. The van der Waals surface area contributed by atoms with E-state index in [1.54, 1.807) is 0 Å². The Labute approximate surface area is 117 Å². The van der Waals surface area contributed by atoms with Crippen molar-refractivity contribution in [3.8, 4) is 0 Å². The maximum Gasteiger partial charge on any atom is 0.332 e. The molecule has 1 fully saturated rings. The van der Waals surface area contributed by atoms with Gasteiger partial charge in [0, 0.05) is 19.6 Å². The molecule has 0 radical (unpaired) electrons. The smallest absolute Gasteiger partial charge is 0.332 e. The van der Waals surface area contributed by atoms with E-state index in [0.717, 1.165) is 6.42 Å². The number of carbonyl (C=O) groups excluding carboxylic acids is 2. The Morgan fingerprint density at radius 1 is 1.40 bits per heavy atom. The van der Waals surface area contributed by atoms with Gasteiger partial charge in [-0.1, -0.05) is 6.92 Å². The van der Waals surface area contributed by atoms with E-state index in [1.165, 1.54) is 6.92 Å². The molecule has 1 saturated heterocycles. The van der Waals surface area contributed by atoms with Crippen LogP contribution in [-0.2, 0) is 14.3 Å². The molecular formula is C12H21N3O5. The largest absolute Gasteiger partial charge is 0.479 e. The number of carboxylic acids is 1. The summed E-state index contributed by atoms with van der Waals surface area (Å²) in [5.74, 6) is -1.46. The van der Waals surface area contributed by atoms with Crippen LogP contribution in [0.1, 0.15) is 26.7 Å². The van der Waals surface area contributed by atoms with Gasteiger partial charge in [-0.15, -0.1) is 0 Å². The number of rotatable bonds is 6. The van der Waals surface area contributed by atoms with Crippen molar-refractivity contribution in [1.82, 2.24) is 16.0 Å². The third-order valence-electron chi connectivity index (χ3n) is 3.07. The first-order valence-electron chi connectivity index (χ1n) is 6.59. The Morgan fingerprint density at radius 2 is 2.10 bits per heavy atom. The highest BCUT2D eigenvalue weighted by molar-refractivity contribution is 5.90. The average molecular weight is 287 g/mol. The molecule has 0 aromatic heterocycles. The summed E-state index contributed by atoms with van der Waals surface area (Å²) in [5, 5.41) is 16.6. The zero-order chi connectivity index (χ0) is 15.2. The second-order valence-corrected chi connectivity index (χ2v) is 4.80. The zero-order valence-corrected chi connectivity index (χ0v) is 11.7. The molecule has 1 heterocycles. The molecule has 0 aromatic rings. The summed E-state index contributed by atoms with van der Waals surface area (Å²) in [6, 6.07) is -1.44. The van der Waals surface area contributed by atoms with E-state index in [-0.39, 0.29) is 25.5 Å². The highest BCUT2D eigenvalue weighted by Gasteiger charge is 2.44. The predicted molar refractivity (Wildman–Crippen MR) is 70.2 cm³/mol. The number of amides is 3. The van der Waals surface area contributed by atoms with Crippen LogP contribution in [0.25, 0.3) is 0 Å². The summed E-state index contributed by atoms with van der Waals surface area (Å²) >= 11 is 0. The van der Waals surface area contributed by atoms with Gasteiger partial charge < -0.3 is 25.8 Å². The molecule has 8 nitrogen and oxygen atoms in total. The van der Waals surface area contributed by atoms with E-state index in [2.05, 4.69) is 16.0 Å². The lowest BCUT2D eigenvalue weighted by molar-refractivity contribution is -0.144. The predicted octanol–water partition coefficient (Wildman–Crippen LogP) is -0.556. The third kappa shape index (κ3) is 4.09. The Balaban J connectivity index is 2.50. The topological polar surface area (TPSA) is 117 Å². The Kier molecular flexibility index (Phi) is 5.75. The molecule has 0 aliphatic carbocycles. The van der Waals surface area contributed by atoms with Crippen molar-refractivity contribution in [3.63, 3.8) is 0 Å². The molecule has 0 bridgehead atoms. The van der Waals surface area contributed by atoms with Crippen LogP contribution in [0.2, 0.25) is 0 Å². The SMILES string of the molecule is CCCNC(=O)C(C)NC(=O)NC1(C(=O)O)CCOC1. The summed E-state index contributed by atoms with van der Waals surface area (Å²) in [4.78, 5) is 34.6. The number of nitrogens with one attached hydrogen (secondary N) is 3. The lowest BCUT2D eigenvalue weighted by atomic mass is 9.99. The van der Waals surface area contributed by atoms with Crippen molar-refractivity contribution in [3.05, 3.63) is 0 Å². The normalized spacial score (nSPS) is 22.9. The second-order valence-electron chi connectivity index (χ2n) is 4.80. The molecule has 2 atom stereocenters. The van der Waals surface area contributed by atoms with Crippen LogP contribution in [0.15, 0.2) is 0 Å². The lowest BCUT2D eigenvalue weighted by Gasteiger charge is -2.25. The van der Waals surface area contributed by atoms with E-state index in [0.29, 0.717) is 6.54 Å². The Bertz CT molecular complexity index is 379. The van der Waals surface area contributed by atoms with E-state index in [4.69, 9.17) is 4.74 Å². The summed E-state index contributed by atoms with van der Waals surface area (Å²) in [5.41, 5.74) is -1.41. The maximum atomic E-state index is 11.8.